The van der Waals surface area contributed by atoms with Crippen molar-refractivity contribution >= 4 is 5.91 Å². The summed E-state index contributed by atoms with van der Waals surface area (Å²) in [5.74, 6) is 0.223. The van der Waals surface area contributed by atoms with E-state index >= 15 is 0 Å². The van der Waals surface area contributed by atoms with Crippen molar-refractivity contribution in [2.75, 3.05) is 20.1 Å². The van der Waals surface area contributed by atoms with Crippen LogP contribution in [0.2, 0.25) is 0 Å². The van der Waals surface area contributed by atoms with E-state index in [0.717, 1.165) is 32.4 Å². The molecule has 1 saturated heterocycles. The lowest BCUT2D eigenvalue weighted by Gasteiger charge is -2.18. The summed E-state index contributed by atoms with van der Waals surface area (Å²) in [5.41, 5.74) is 0. The van der Waals surface area contributed by atoms with E-state index in [2.05, 4.69) is 17.1 Å². The van der Waals surface area contributed by atoms with Crippen molar-refractivity contribution in [1.29, 1.82) is 0 Å². The number of amides is 1. The molecule has 0 saturated carbocycles. The van der Waals surface area contributed by atoms with Crippen molar-refractivity contribution in [2.45, 2.75) is 45.1 Å². The largest absolute Gasteiger partial charge is 0.355 e. The van der Waals surface area contributed by atoms with Gasteiger partial charge in [0.15, 0.2) is 0 Å². The summed E-state index contributed by atoms with van der Waals surface area (Å²) in [6.07, 6.45) is 5.71. The van der Waals surface area contributed by atoms with Crippen molar-refractivity contribution in [1.82, 2.24) is 10.2 Å². The number of unbranched alkanes of at least 4 members (excludes halogenated alkanes) is 2. The Bertz CT molecular complexity index is 182. The monoisotopic (exact) mass is 198 g/mol. The Labute approximate surface area is 86.9 Å². The van der Waals surface area contributed by atoms with Crippen molar-refractivity contribution in [3.63, 3.8) is 0 Å². The first-order chi connectivity index (χ1) is 6.75. The van der Waals surface area contributed by atoms with Gasteiger partial charge in [-0.1, -0.05) is 19.8 Å². The molecule has 1 unspecified atom stereocenters. The second-order valence-electron chi connectivity index (χ2n) is 4.14. The van der Waals surface area contributed by atoms with E-state index in [1.165, 1.54) is 12.8 Å². The third kappa shape index (κ3) is 3.29. The Morgan fingerprint density at radius 1 is 1.50 bits per heavy atom. The number of hydrogen-bond donors (Lipinski definition) is 1. The second-order valence-corrected chi connectivity index (χ2v) is 4.14. The average Bonchev–Trinajstić information content (AvgIpc) is 2.59. The van der Waals surface area contributed by atoms with Crippen molar-refractivity contribution in [2.24, 2.45) is 0 Å². The fourth-order valence-electron chi connectivity index (χ4n) is 1.95. The lowest BCUT2D eigenvalue weighted by molar-refractivity contribution is -0.125. The van der Waals surface area contributed by atoms with Gasteiger partial charge >= 0.3 is 0 Å². The molecule has 3 heteroatoms. The molecule has 0 aromatic carbocycles. The molecule has 0 bridgehead atoms. The molecule has 1 N–H and O–H groups in total. The van der Waals surface area contributed by atoms with Crippen LogP contribution in [0.3, 0.4) is 0 Å². The Hall–Kier alpha value is -0.570. The molecule has 0 aromatic rings. The summed E-state index contributed by atoms with van der Waals surface area (Å²) in [6, 6.07) is 0.136. The van der Waals surface area contributed by atoms with Gasteiger partial charge in [0.25, 0.3) is 0 Å². The van der Waals surface area contributed by atoms with E-state index in [4.69, 9.17) is 0 Å². The molecular weight excluding hydrogens is 176 g/mol. The molecule has 1 heterocycles. The Morgan fingerprint density at radius 3 is 2.86 bits per heavy atom. The van der Waals surface area contributed by atoms with Gasteiger partial charge in [-0.2, -0.15) is 0 Å². The predicted molar refractivity (Wildman–Crippen MR) is 58.2 cm³/mol. The summed E-state index contributed by atoms with van der Waals surface area (Å²) in [7, 11) is 2.03. The molecule has 14 heavy (non-hydrogen) atoms. The first-order valence-electron chi connectivity index (χ1n) is 5.73. The van der Waals surface area contributed by atoms with Crippen LogP contribution in [-0.4, -0.2) is 37.0 Å². The Balaban J connectivity index is 2.14. The van der Waals surface area contributed by atoms with Crippen LogP contribution in [0.1, 0.15) is 39.0 Å². The van der Waals surface area contributed by atoms with E-state index < -0.39 is 0 Å². The van der Waals surface area contributed by atoms with E-state index in [9.17, 15) is 4.79 Å². The Morgan fingerprint density at radius 2 is 2.29 bits per heavy atom. The molecular formula is C11H22N2O. The summed E-state index contributed by atoms with van der Waals surface area (Å²) in [5, 5.41) is 3.01. The molecule has 1 aliphatic rings. The minimum atomic E-state index is 0.136. The van der Waals surface area contributed by atoms with Gasteiger partial charge in [-0.05, 0) is 32.9 Å². The Kier molecular flexibility index (Phi) is 4.94. The highest BCUT2D eigenvalue weighted by molar-refractivity contribution is 5.81. The third-order valence-corrected chi connectivity index (χ3v) is 2.90. The first kappa shape index (κ1) is 11.5. The molecule has 3 nitrogen and oxygen atoms in total. The highest BCUT2D eigenvalue weighted by Gasteiger charge is 2.26. The van der Waals surface area contributed by atoms with E-state index in [0.29, 0.717) is 0 Å². The first-order valence-corrected chi connectivity index (χ1v) is 5.73. The molecule has 0 spiro atoms. The van der Waals surface area contributed by atoms with Crippen LogP contribution in [-0.2, 0) is 4.79 Å². The number of nitrogens with one attached hydrogen (secondary N) is 1. The van der Waals surface area contributed by atoms with Crippen molar-refractivity contribution < 1.29 is 4.79 Å². The average molecular weight is 198 g/mol. The standard InChI is InChI=1S/C11H22N2O/c1-3-4-5-8-12-11(14)10-7-6-9-13(10)2/h10H,3-9H2,1-2H3,(H,12,14). The van der Waals surface area contributed by atoms with E-state index in [1.807, 2.05) is 7.05 Å². The summed E-state index contributed by atoms with van der Waals surface area (Å²) >= 11 is 0. The number of likely N-dealkylation sites (N-methyl/N-ethyl adjacent to an activating group) is 1. The molecule has 0 radical (unpaired) electrons. The van der Waals surface area contributed by atoms with Crippen LogP contribution in [0.5, 0.6) is 0 Å². The van der Waals surface area contributed by atoms with Gasteiger partial charge < -0.3 is 5.32 Å². The van der Waals surface area contributed by atoms with E-state index in [1.54, 1.807) is 0 Å². The number of carbonyl (C=O) groups excluding carboxylic acids is 1. The minimum absolute atomic E-state index is 0.136. The molecule has 1 fully saturated rings. The van der Waals surface area contributed by atoms with Gasteiger partial charge in [-0.3, -0.25) is 9.69 Å². The van der Waals surface area contributed by atoms with Crippen molar-refractivity contribution in [3.05, 3.63) is 0 Å². The molecule has 1 aliphatic heterocycles. The van der Waals surface area contributed by atoms with Gasteiger partial charge in [0.2, 0.25) is 5.91 Å². The summed E-state index contributed by atoms with van der Waals surface area (Å²) < 4.78 is 0. The van der Waals surface area contributed by atoms with Crippen LogP contribution in [0, 0.1) is 0 Å². The van der Waals surface area contributed by atoms with Gasteiger partial charge in [0.1, 0.15) is 0 Å². The molecule has 0 aromatic heterocycles. The van der Waals surface area contributed by atoms with Gasteiger partial charge in [0.05, 0.1) is 6.04 Å². The quantitative estimate of drug-likeness (QED) is 0.677. The molecule has 0 aliphatic carbocycles. The molecule has 82 valence electrons. The van der Waals surface area contributed by atoms with Crippen LogP contribution >= 0.6 is 0 Å². The SMILES string of the molecule is CCCCCNC(=O)C1CCCN1C. The van der Waals surface area contributed by atoms with Crippen LogP contribution in [0.4, 0.5) is 0 Å². The highest BCUT2D eigenvalue weighted by Crippen LogP contribution is 2.14. The van der Waals surface area contributed by atoms with Gasteiger partial charge in [0, 0.05) is 6.54 Å². The maximum absolute atomic E-state index is 11.7. The van der Waals surface area contributed by atoms with E-state index in [-0.39, 0.29) is 11.9 Å². The number of rotatable bonds is 5. The lowest BCUT2D eigenvalue weighted by Crippen LogP contribution is -2.41. The fraction of sp³-hybridized carbons (Fsp3) is 0.909. The number of carbonyl (C=O) groups is 1. The molecule has 1 rings (SSSR count). The zero-order valence-electron chi connectivity index (χ0n) is 9.38. The van der Waals surface area contributed by atoms with Crippen molar-refractivity contribution in [3.8, 4) is 0 Å². The third-order valence-electron chi connectivity index (χ3n) is 2.90. The fourth-order valence-corrected chi connectivity index (χ4v) is 1.95. The molecule has 1 atom stereocenters. The number of nitrogens with zero attached hydrogens (tertiary/aromatic N) is 1. The maximum Gasteiger partial charge on any atom is 0.237 e. The zero-order valence-corrected chi connectivity index (χ0v) is 9.38. The minimum Gasteiger partial charge on any atom is -0.355 e. The summed E-state index contributed by atoms with van der Waals surface area (Å²) in [4.78, 5) is 13.8. The maximum atomic E-state index is 11.7. The number of likely N-dealkylation sites (tertiary alicyclic amines) is 1. The van der Waals surface area contributed by atoms with Crippen LogP contribution in [0.15, 0.2) is 0 Å². The van der Waals surface area contributed by atoms with Gasteiger partial charge in [-0.15, -0.1) is 0 Å². The van der Waals surface area contributed by atoms with Crippen LogP contribution in [0.25, 0.3) is 0 Å². The highest BCUT2D eigenvalue weighted by atomic mass is 16.2. The molecule has 1 amide bonds. The predicted octanol–water partition coefficient (Wildman–Crippen LogP) is 1.39. The number of hydrogen-bond acceptors (Lipinski definition) is 2. The van der Waals surface area contributed by atoms with Crippen LogP contribution < -0.4 is 5.32 Å². The normalized spacial score (nSPS) is 22.6. The second kappa shape index (κ2) is 6.02. The lowest BCUT2D eigenvalue weighted by atomic mass is 10.2. The summed E-state index contributed by atoms with van der Waals surface area (Å²) in [6.45, 7) is 4.08. The zero-order chi connectivity index (χ0) is 10.4. The smallest absolute Gasteiger partial charge is 0.237 e. The van der Waals surface area contributed by atoms with Gasteiger partial charge in [-0.25, -0.2) is 0 Å². The topological polar surface area (TPSA) is 32.3 Å².